The van der Waals surface area contributed by atoms with Gasteiger partial charge in [0, 0.05) is 0 Å². The normalized spacial score (nSPS) is 10.7. The predicted octanol–water partition coefficient (Wildman–Crippen LogP) is 3.40. The Balaban J connectivity index is 2.28. The van der Waals surface area contributed by atoms with Crippen LogP contribution in [0, 0.1) is 29.1 Å². The van der Waals surface area contributed by atoms with Crippen LogP contribution in [0.1, 0.15) is 5.69 Å². The third kappa shape index (κ3) is 2.64. The molecule has 0 aliphatic rings. The maximum absolute atomic E-state index is 13.3. The Hall–Kier alpha value is -1.96. The maximum atomic E-state index is 13.3. The molecule has 0 bridgehead atoms. The maximum Gasteiger partial charge on any atom is 0.207 e. The second-order valence-electron chi connectivity index (χ2n) is 3.52. The monoisotopic (exact) mass is 310 g/mol. The van der Waals surface area contributed by atoms with E-state index in [1.54, 1.807) is 0 Å². The SMILES string of the molecule is Fc1c(F)c(F)c(OCc2cnc(Cl)cn2)c(F)c1F. The van der Waals surface area contributed by atoms with E-state index in [1.165, 1.54) is 0 Å². The zero-order valence-electron chi connectivity index (χ0n) is 9.43. The number of aromatic nitrogens is 2. The lowest BCUT2D eigenvalue weighted by molar-refractivity contribution is 0.250. The van der Waals surface area contributed by atoms with E-state index in [0.29, 0.717) is 0 Å². The van der Waals surface area contributed by atoms with Crippen LogP contribution >= 0.6 is 11.6 Å². The van der Waals surface area contributed by atoms with Gasteiger partial charge in [-0.25, -0.2) is 18.2 Å². The van der Waals surface area contributed by atoms with Crippen molar-refractivity contribution < 1.29 is 26.7 Å². The smallest absolute Gasteiger partial charge is 0.207 e. The highest BCUT2D eigenvalue weighted by Gasteiger charge is 2.27. The Bertz CT molecular complexity index is 621. The van der Waals surface area contributed by atoms with Gasteiger partial charge in [-0.3, -0.25) is 4.98 Å². The first-order valence-electron chi connectivity index (χ1n) is 5.02. The van der Waals surface area contributed by atoms with Gasteiger partial charge in [-0.1, -0.05) is 11.6 Å². The minimum Gasteiger partial charge on any atom is -0.481 e. The molecule has 0 fully saturated rings. The van der Waals surface area contributed by atoms with Crippen molar-refractivity contribution in [2.45, 2.75) is 6.61 Å². The van der Waals surface area contributed by atoms with Crippen LogP contribution in [0.15, 0.2) is 12.4 Å². The van der Waals surface area contributed by atoms with Crippen LogP contribution in [-0.4, -0.2) is 9.97 Å². The molecule has 0 atom stereocenters. The zero-order valence-corrected chi connectivity index (χ0v) is 10.2. The Morgan fingerprint density at radius 1 is 0.850 bits per heavy atom. The third-order valence-corrected chi connectivity index (χ3v) is 2.40. The fourth-order valence-corrected chi connectivity index (χ4v) is 1.37. The van der Waals surface area contributed by atoms with Crippen LogP contribution < -0.4 is 4.74 Å². The average molecular weight is 311 g/mol. The van der Waals surface area contributed by atoms with Gasteiger partial charge in [0.05, 0.1) is 18.1 Å². The zero-order chi connectivity index (χ0) is 14.9. The van der Waals surface area contributed by atoms with Crippen LogP contribution in [0.25, 0.3) is 0 Å². The number of rotatable bonds is 3. The summed E-state index contributed by atoms with van der Waals surface area (Å²) in [6.07, 6.45) is 2.27. The summed E-state index contributed by atoms with van der Waals surface area (Å²) in [6, 6.07) is 0. The Morgan fingerprint density at radius 3 is 1.90 bits per heavy atom. The average Bonchev–Trinajstić information content (AvgIpc) is 2.45. The second-order valence-corrected chi connectivity index (χ2v) is 3.91. The summed E-state index contributed by atoms with van der Waals surface area (Å²) in [5.41, 5.74) is 0.0957. The molecule has 1 aromatic carbocycles. The van der Waals surface area contributed by atoms with E-state index in [1.807, 2.05) is 0 Å². The molecular weight excluding hydrogens is 307 g/mol. The lowest BCUT2D eigenvalue weighted by Crippen LogP contribution is -2.07. The highest BCUT2D eigenvalue weighted by atomic mass is 35.5. The van der Waals surface area contributed by atoms with Crippen molar-refractivity contribution in [1.29, 1.82) is 0 Å². The first kappa shape index (κ1) is 14.4. The number of hydrogen-bond acceptors (Lipinski definition) is 3. The van der Waals surface area contributed by atoms with Gasteiger partial charge in [0.25, 0.3) is 0 Å². The molecule has 9 heteroatoms. The molecule has 0 spiro atoms. The molecule has 106 valence electrons. The quantitative estimate of drug-likeness (QED) is 0.495. The molecule has 0 radical (unpaired) electrons. The Kier molecular flexibility index (Phi) is 4.03. The van der Waals surface area contributed by atoms with Crippen LogP contribution in [0.5, 0.6) is 5.75 Å². The van der Waals surface area contributed by atoms with Crippen LogP contribution in [0.2, 0.25) is 5.15 Å². The first-order valence-corrected chi connectivity index (χ1v) is 5.40. The van der Waals surface area contributed by atoms with Crippen molar-refractivity contribution in [3.8, 4) is 5.75 Å². The summed E-state index contributed by atoms with van der Waals surface area (Å²) in [4.78, 5) is 7.30. The van der Waals surface area contributed by atoms with Gasteiger partial charge >= 0.3 is 0 Å². The fraction of sp³-hybridized carbons (Fsp3) is 0.0909. The van der Waals surface area contributed by atoms with Crippen LogP contribution in [0.3, 0.4) is 0 Å². The van der Waals surface area contributed by atoms with Gasteiger partial charge in [0.2, 0.25) is 29.1 Å². The van der Waals surface area contributed by atoms with Crippen LogP contribution in [-0.2, 0) is 6.61 Å². The van der Waals surface area contributed by atoms with Gasteiger partial charge in [-0.05, 0) is 0 Å². The molecule has 0 saturated heterocycles. The van der Waals surface area contributed by atoms with Crippen molar-refractivity contribution in [2.75, 3.05) is 0 Å². The first-order chi connectivity index (χ1) is 9.41. The Labute approximate surface area is 114 Å². The molecule has 3 nitrogen and oxygen atoms in total. The second kappa shape index (κ2) is 5.58. The summed E-state index contributed by atoms with van der Waals surface area (Å²) in [5.74, 6) is -11.9. The number of ether oxygens (including phenoxy) is 1. The van der Waals surface area contributed by atoms with E-state index in [4.69, 9.17) is 11.6 Å². The lowest BCUT2D eigenvalue weighted by Gasteiger charge is -2.09. The molecule has 0 unspecified atom stereocenters. The highest BCUT2D eigenvalue weighted by Crippen LogP contribution is 2.29. The molecule has 0 amide bonds. The van der Waals surface area contributed by atoms with Gasteiger partial charge < -0.3 is 4.74 Å². The minimum atomic E-state index is -2.25. The molecule has 1 heterocycles. The van der Waals surface area contributed by atoms with Gasteiger partial charge in [-0.2, -0.15) is 8.78 Å². The van der Waals surface area contributed by atoms with Crippen molar-refractivity contribution in [3.05, 3.63) is 52.3 Å². The molecule has 0 aliphatic heterocycles. The van der Waals surface area contributed by atoms with Gasteiger partial charge in [0.15, 0.2) is 5.75 Å². The minimum absolute atomic E-state index is 0.0741. The summed E-state index contributed by atoms with van der Waals surface area (Å²) in [5, 5.41) is 0.0741. The topological polar surface area (TPSA) is 35.0 Å². The third-order valence-electron chi connectivity index (χ3n) is 2.21. The molecule has 2 aromatic rings. The predicted molar refractivity (Wildman–Crippen MR) is 57.6 cm³/mol. The van der Waals surface area contributed by atoms with E-state index >= 15 is 0 Å². The number of hydrogen-bond donors (Lipinski definition) is 0. The lowest BCUT2D eigenvalue weighted by atomic mass is 10.2. The van der Waals surface area contributed by atoms with E-state index < -0.39 is 41.4 Å². The number of halogens is 6. The highest BCUT2D eigenvalue weighted by molar-refractivity contribution is 6.29. The van der Waals surface area contributed by atoms with Crippen LogP contribution in [0.4, 0.5) is 22.0 Å². The van der Waals surface area contributed by atoms with Gasteiger partial charge in [0.1, 0.15) is 11.8 Å². The van der Waals surface area contributed by atoms with Gasteiger partial charge in [-0.15, -0.1) is 0 Å². The summed E-state index contributed by atoms with van der Waals surface area (Å²) in [7, 11) is 0. The molecule has 0 aliphatic carbocycles. The molecular formula is C11H4ClF5N2O. The molecule has 2 rings (SSSR count). The summed E-state index contributed by atoms with van der Waals surface area (Å²) < 4.78 is 69.7. The summed E-state index contributed by atoms with van der Waals surface area (Å²) >= 11 is 5.46. The molecule has 0 saturated carbocycles. The van der Waals surface area contributed by atoms with Crippen molar-refractivity contribution in [2.24, 2.45) is 0 Å². The summed E-state index contributed by atoms with van der Waals surface area (Å²) in [6.45, 7) is -0.539. The number of benzene rings is 1. The molecule has 20 heavy (non-hydrogen) atoms. The van der Waals surface area contributed by atoms with E-state index in [-0.39, 0.29) is 10.8 Å². The Morgan fingerprint density at radius 2 is 1.40 bits per heavy atom. The fourth-order valence-electron chi connectivity index (χ4n) is 1.27. The van der Waals surface area contributed by atoms with E-state index in [0.717, 1.165) is 12.4 Å². The van der Waals surface area contributed by atoms with E-state index in [9.17, 15) is 22.0 Å². The largest absolute Gasteiger partial charge is 0.481 e. The standard InChI is InChI=1S/C11H4ClF5N2O/c12-5-2-18-4(1-19-5)3-20-11-9(16)7(14)6(13)8(15)10(11)17/h1-2H,3H2. The van der Waals surface area contributed by atoms with Crippen molar-refractivity contribution in [1.82, 2.24) is 9.97 Å². The molecule has 0 N–H and O–H groups in total. The van der Waals surface area contributed by atoms with Crippen molar-refractivity contribution >= 4 is 11.6 Å². The van der Waals surface area contributed by atoms with E-state index in [2.05, 4.69) is 14.7 Å². The number of nitrogens with zero attached hydrogens (tertiary/aromatic N) is 2. The van der Waals surface area contributed by atoms with Crippen molar-refractivity contribution in [3.63, 3.8) is 0 Å². The molecule has 1 aromatic heterocycles.